The summed E-state index contributed by atoms with van der Waals surface area (Å²) in [7, 11) is -0.372. The van der Waals surface area contributed by atoms with Gasteiger partial charge < -0.3 is 4.90 Å². The van der Waals surface area contributed by atoms with Crippen LogP contribution in [0.15, 0.2) is 30.3 Å². The molecule has 0 aliphatic rings. The number of amides is 1. The molecule has 0 saturated heterocycles. The van der Waals surface area contributed by atoms with E-state index in [4.69, 9.17) is 0 Å². The average molecular weight is 313 g/mol. The maximum absolute atomic E-state index is 12.4. The summed E-state index contributed by atoms with van der Waals surface area (Å²) in [5.41, 5.74) is 1.05. The van der Waals surface area contributed by atoms with Crippen molar-refractivity contribution in [2.24, 2.45) is 0 Å². The van der Waals surface area contributed by atoms with Crippen LogP contribution in [-0.4, -0.2) is 27.4 Å². The second kappa shape index (κ2) is 9.88. The van der Waals surface area contributed by atoms with E-state index in [1.54, 1.807) is 0 Å². The van der Waals surface area contributed by atoms with E-state index in [2.05, 4.69) is 6.92 Å². The zero-order chi connectivity index (χ0) is 14.8. The third kappa shape index (κ3) is 5.59. The molecule has 1 aromatic carbocycles. The smallest absolute Gasteiger partial charge is 0.288 e. The Bertz CT molecular complexity index is 470. The maximum atomic E-state index is 12.4. The summed E-state index contributed by atoms with van der Waals surface area (Å²) in [6, 6.07) is 9.76. The molecule has 0 radical (unpaired) electrons. The Hall–Kier alpha value is -0.940. The van der Waals surface area contributed by atoms with E-state index in [0.29, 0.717) is 22.5 Å². The van der Waals surface area contributed by atoms with E-state index in [9.17, 15) is 9.00 Å². The first-order chi connectivity index (χ1) is 9.72. The fraction of sp³-hybridized carbons (Fsp3) is 0.533. The Morgan fingerprint density at radius 3 is 2.45 bits per heavy atom. The van der Waals surface area contributed by atoms with Gasteiger partial charge in [0.1, 0.15) is 10.2 Å². The molecular formula is C15H23NO2S2. The van der Waals surface area contributed by atoms with Crippen LogP contribution in [-0.2, 0) is 25.4 Å². The number of nitrogens with zero attached hydrogens (tertiary/aromatic N) is 1. The lowest BCUT2D eigenvalue weighted by atomic mass is 10.2. The van der Waals surface area contributed by atoms with Crippen LogP contribution in [0.3, 0.4) is 0 Å². The molecule has 1 rings (SSSR count). The Kier molecular flexibility index (Phi) is 8.46. The number of carbonyl (C=O) groups is 1. The van der Waals surface area contributed by atoms with Gasteiger partial charge in [0.2, 0.25) is 0 Å². The molecule has 0 aromatic heterocycles. The molecule has 1 unspecified atom stereocenters. The predicted octanol–water partition coefficient (Wildman–Crippen LogP) is 3.57. The molecule has 1 amide bonds. The van der Waals surface area contributed by atoms with Gasteiger partial charge in [-0.05, 0) is 18.9 Å². The van der Waals surface area contributed by atoms with Gasteiger partial charge >= 0.3 is 0 Å². The molecule has 1 atom stereocenters. The zero-order valence-electron chi connectivity index (χ0n) is 12.2. The normalized spacial score (nSPS) is 11.9. The van der Waals surface area contributed by atoms with E-state index >= 15 is 0 Å². The topological polar surface area (TPSA) is 37.4 Å². The molecule has 20 heavy (non-hydrogen) atoms. The van der Waals surface area contributed by atoms with Crippen molar-refractivity contribution >= 4 is 24.9 Å². The van der Waals surface area contributed by atoms with Crippen molar-refractivity contribution in [2.45, 2.75) is 38.9 Å². The largest absolute Gasteiger partial charge is 0.334 e. The van der Waals surface area contributed by atoms with Crippen LogP contribution in [0.2, 0.25) is 0 Å². The number of rotatable bonds is 7. The van der Waals surface area contributed by atoms with Gasteiger partial charge in [0, 0.05) is 28.3 Å². The second-order valence-corrected chi connectivity index (χ2v) is 7.68. The Morgan fingerprint density at radius 2 is 1.90 bits per heavy atom. The van der Waals surface area contributed by atoms with E-state index in [1.165, 1.54) is 0 Å². The quantitative estimate of drug-likeness (QED) is 0.722. The Morgan fingerprint density at radius 1 is 1.20 bits per heavy atom. The predicted molar refractivity (Wildman–Crippen MR) is 87.8 cm³/mol. The highest BCUT2D eigenvalue weighted by atomic mass is 32.8. The lowest BCUT2D eigenvalue weighted by Crippen LogP contribution is -2.33. The SMILES string of the molecule is CCCCCN(CC)C(=O)S(Cc1ccccc1)=S=O. The average Bonchev–Trinajstić information content (AvgIpc) is 2.49. The monoisotopic (exact) mass is 313 g/mol. The van der Waals surface area contributed by atoms with Crippen molar-refractivity contribution in [3.8, 4) is 0 Å². The van der Waals surface area contributed by atoms with Crippen LogP contribution in [0.5, 0.6) is 0 Å². The van der Waals surface area contributed by atoms with E-state index < -0.39 is 9.45 Å². The number of benzene rings is 1. The van der Waals surface area contributed by atoms with Gasteiger partial charge in [0.25, 0.3) is 5.24 Å². The van der Waals surface area contributed by atoms with Gasteiger partial charge in [-0.1, -0.05) is 50.1 Å². The summed E-state index contributed by atoms with van der Waals surface area (Å²) in [6.07, 6.45) is 3.28. The minimum absolute atomic E-state index is 0.00690. The Balaban J connectivity index is 2.68. The van der Waals surface area contributed by atoms with Gasteiger partial charge in [0.15, 0.2) is 0 Å². The van der Waals surface area contributed by atoms with Crippen LogP contribution >= 0.6 is 0 Å². The van der Waals surface area contributed by atoms with Gasteiger partial charge in [-0.15, -0.1) is 0 Å². The molecular weight excluding hydrogens is 290 g/mol. The molecule has 0 bridgehead atoms. The van der Waals surface area contributed by atoms with Gasteiger partial charge in [-0.3, -0.25) is 4.79 Å². The summed E-state index contributed by atoms with van der Waals surface area (Å²) >= 11 is 0. The summed E-state index contributed by atoms with van der Waals surface area (Å²) < 4.78 is 11.3. The number of carbonyl (C=O) groups excluding carboxylic acids is 1. The van der Waals surface area contributed by atoms with Gasteiger partial charge in [0.05, 0.1) is 0 Å². The van der Waals surface area contributed by atoms with Crippen molar-refractivity contribution in [2.75, 3.05) is 13.1 Å². The molecule has 0 N–H and O–H groups in total. The first-order valence-corrected chi connectivity index (χ1v) is 9.72. The van der Waals surface area contributed by atoms with Crippen LogP contribution in [0.4, 0.5) is 4.79 Å². The lowest BCUT2D eigenvalue weighted by molar-refractivity contribution is 0.224. The fourth-order valence-electron chi connectivity index (χ4n) is 1.92. The molecule has 1 aromatic rings. The minimum atomic E-state index is -0.814. The first-order valence-electron chi connectivity index (χ1n) is 7.06. The minimum Gasteiger partial charge on any atom is -0.334 e. The number of hydrogen-bond acceptors (Lipinski definition) is 2. The van der Waals surface area contributed by atoms with Crippen molar-refractivity contribution in [1.29, 1.82) is 0 Å². The van der Waals surface area contributed by atoms with Crippen molar-refractivity contribution in [3.05, 3.63) is 35.9 Å². The van der Waals surface area contributed by atoms with E-state index in [1.807, 2.05) is 42.2 Å². The summed E-state index contributed by atoms with van der Waals surface area (Å²) in [4.78, 5) is 14.2. The first kappa shape index (κ1) is 17.1. The van der Waals surface area contributed by atoms with Crippen molar-refractivity contribution in [1.82, 2.24) is 4.90 Å². The van der Waals surface area contributed by atoms with E-state index in [0.717, 1.165) is 31.4 Å². The van der Waals surface area contributed by atoms with Crippen molar-refractivity contribution in [3.63, 3.8) is 0 Å². The fourth-order valence-corrected chi connectivity index (χ4v) is 4.19. The van der Waals surface area contributed by atoms with Crippen LogP contribution in [0.1, 0.15) is 38.7 Å². The zero-order valence-corrected chi connectivity index (χ0v) is 13.8. The molecule has 0 saturated carbocycles. The highest BCUT2D eigenvalue weighted by Gasteiger charge is 2.16. The number of unbranched alkanes of at least 4 members (excludes halogenated alkanes) is 2. The van der Waals surface area contributed by atoms with Crippen LogP contribution in [0.25, 0.3) is 0 Å². The Labute approximate surface area is 127 Å². The molecule has 0 aliphatic carbocycles. The molecule has 112 valence electrons. The third-order valence-electron chi connectivity index (χ3n) is 3.09. The molecule has 0 heterocycles. The highest BCUT2D eigenvalue weighted by molar-refractivity contribution is 8.38. The summed E-state index contributed by atoms with van der Waals surface area (Å²) in [5.74, 6) is 0.540. The second-order valence-electron chi connectivity index (χ2n) is 4.60. The summed E-state index contributed by atoms with van der Waals surface area (Å²) in [6.45, 7) is 5.57. The standard InChI is InChI=1S/C15H23NO2S2/c1-3-5-9-12-16(4-2)15(17)20(19-18)13-14-10-7-6-8-11-14/h6-8,10-11H,3-5,9,12-13H2,1-2H3. The van der Waals surface area contributed by atoms with Gasteiger partial charge in [-0.25, -0.2) is 4.21 Å². The lowest BCUT2D eigenvalue weighted by Gasteiger charge is -2.21. The maximum Gasteiger partial charge on any atom is 0.288 e. The molecule has 0 aliphatic heterocycles. The summed E-state index contributed by atoms with van der Waals surface area (Å²) in [5, 5.41) is 0.00690. The van der Waals surface area contributed by atoms with E-state index in [-0.39, 0.29) is 5.24 Å². The number of hydrogen-bond donors (Lipinski definition) is 0. The third-order valence-corrected chi connectivity index (χ3v) is 5.77. The molecule has 5 heteroatoms. The molecule has 0 spiro atoms. The van der Waals surface area contributed by atoms with Crippen LogP contribution in [0, 0.1) is 0 Å². The highest BCUT2D eigenvalue weighted by Crippen LogP contribution is 2.09. The molecule has 3 nitrogen and oxygen atoms in total. The van der Waals surface area contributed by atoms with Gasteiger partial charge in [-0.2, -0.15) is 0 Å². The van der Waals surface area contributed by atoms with Crippen molar-refractivity contribution < 1.29 is 9.00 Å². The van der Waals surface area contributed by atoms with Crippen LogP contribution < -0.4 is 0 Å². The molecule has 0 fully saturated rings.